The van der Waals surface area contributed by atoms with Crippen molar-refractivity contribution in [3.8, 4) is 12.3 Å². The van der Waals surface area contributed by atoms with E-state index in [-0.39, 0.29) is 16.9 Å². The number of thiazole rings is 1. The van der Waals surface area contributed by atoms with Crippen molar-refractivity contribution in [3.05, 3.63) is 62.9 Å². The van der Waals surface area contributed by atoms with Gasteiger partial charge in [-0.25, -0.2) is 8.78 Å². The van der Waals surface area contributed by atoms with E-state index >= 15 is 0 Å². The summed E-state index contributed by atoms with van der Waals surface area (Å²) in [5, 5.41) is 0. The number of fused-ring (bicyclic) bond motifs is 1. The number of terminal acetylenes is 1. The normalized spacial score (nSPS) is 11.7. The lowest BCUT2D eigenvalue weighted by Gasteiger charge is -2.01. The molecule has 2 aromatic carbocycles. The summed E-state index contributed by atoms with van der Waals surface area (Å²) in [5.41, 5.74) is 0.524. The van der Waals surface area contributed by atoms with Crippen LogP contribution in [-0.2, 0) is 6.54 Å². The van der Waals surface area contributed by atoms with Crippen molar-refractivity contribution in [2.45, 2.75) is 6.54 Å². The zero-order chi connectivity index (χ0) is 17.3. The Kier molecular flexibility index (Phi) is 4.60. The number of carbonyl (C=O) groups excluding carboxylic acids is 1. The third kappa shape index (κ3) is 3.16. The van der Waals surface area contributed by atoms with Gasteiger partial charge in [-0.1, -0.05) is 33.2 Å². The van der Waals surface area contributed by atoms with Crippen molar-refractivity contribution in [1.29, 1.82) is 0 Å². The van der Waals surface area contributed by atoms with Crippen LogP contribution in [0.1, 0.15) is 10.4 Å². The first-order valence-corrected chi connectivity index (χ1v) is 8.37. The van der Waals surface area contributed by atoms with Crippen molar-refractivity contribution in [2.24, 2.45) is 4.99 Å². The Morgan fingerprint density at radius 3 is 2.67 bits per heavy atom. The van der Waals surface area contributed by atoms with Crippen molar-refractivity contribution in [2.75, 3.05) is 0 Å². The third-order valence-corrected chi connectivity index (χ3v) is 4.79. The minimum absolute atomic E-state index is 0.0228. The second-order valence-corrected chi connectivity index (χ2v) is 6.76. The van der Waals surface area contributed by atoms with Gasteiger partial charge in [0.05, 0.1) is 16.8 Å². The van der Waals surface area contributed by atoms with Gasteiger partial charge in [0.25, 0.3) is 5.91 Å². The van der Waals surface area contributed by atoms with Crippen molar-refractivity contribution in [3.63, 3.8) is 0 Å². The van der Waals surface area contributed by atoms with E-state index in [0.717, 1.165) is 21.9 Å². The van der Waals surface area contributed by atoms with Gasteiger partial charge in [-0.3, -0.25) is 4.79 Å². The zero-order valence-electron chi connectivity index (χ0n) is 12.1. The van der Waals surface area contributed by atoms with E-state index < -0.39 is 17.5 Å². The predicted octanol–water partition coefficient (Wildman–Crippen LogP) is 4.12. The Bertz CT molecular complexity index is 1050. The van der Waals surface area contributed by atoms with Crippen molar-refractivity contribution in [1.82, 2.24) is 4.57 Å². The van der Waals surface area contributed by atoms with Crippen LogP contribution in [0.2, 0.25) is 0 Å². The van der Waals surface area contributed by atoms with E-state index in [1.165, 1.54) is 10.6 Å². The highest BCUT2D eigenvalue weighted by Crippen LogP contribution is 2.22. The molecular weight excluding hydrogens is 398 g/mol. The first kappa shape index (κ1) is 16.6. The fraction of sp³-hybridized carbons (Fsp3) is 0.0588. The summed E-state index contributed by atoms with van der Waals surface area (Å²) in [6.07, 6.45) is 5.32. The molecule has 0 saturated heterocycles. The van der Waals surface area contributed by atoms with Crippen LogP contribution in [0.5, 0.6) is 0 Å². The number of rotatable bonds is 2. The molecule has 24 heavy (non-hydrogen) atoms. The van der Waals surface area contributed by atoms with Crippen LogP contribution in [0.25, 0.3) is 10.2 Å². The number of aromatic nitrogens is 1. The number of benzene rings is 2. The van der Waals surface area contributed by atoms with Gasteiger partial charge in [0.1, 0.15) is 5.82 Å². The highest BCUT2D eigenvalue weighted by atomic mass is 79.9. The molecule has 0 spiro atoms. The molecule has 0 N–H and O–H groups in total. The molecule has 0 aliphatic carbocycles. The summed E-state index contributed by atoms with van der Waals surface area (Å²) in [6, 6.07) is 8.65. The van der Waals surface area contributed by atoms with E-state index in [0.29, 0.717) is 10.3 Å². The average molecular weight is 407 g/mol. The number of hydrogen-bond donors (Lipinski definition) is 0. The first-order valence-electron chi connectivity index (χ1n) is 6.76. The summed E-state index contributed by atoms with van der Waals surface area (Å²) in [5.74, 6) is 0.475. The van der Waals surface area contributed by atoms with E-state index in [4.69, 9.17) is 6.42 Å². The smallest absolute Gasteiger partial charge is 0.279 e. The van der Waals surface area contributed by atoms with Crippen LogP contribution in [0.4, 0.5) is 8.78 Å². The quantitative estimate of drug-likeness (QED) is 0.589. The Morgan fingerprint density at radius 1 is 1.29 bits per heavy atom. The van der Waals surface area contributed by atoms with E-state index in [1.807, 2.05) is 0 Å². The summed E-state index contributed by atoms with van der Waals surface area (Å²) >= 11 is 4.30. The minimum Gasteiger partial charge on any atom is -0.302 e. The molecule has 0 aliphatic heterocycles. The zero-order valence-corrected chi connectivity index (χ0v) is 14.5. The predicted molar refractivity (Wildman–Crippen MR) is 92.6 cm³/mol. The number of amides is 1. The molecule has 3 aromatic rings. The molecule has 1 aromatic heterocycles. The molecule has 0 atom stereocenters. The van der Waals surface area contributed by atoms with Gasteiger partial charge in [-0.05, 0) is 30.3 Å². The fourth-order valence-corrected chi connectivity index (χ4v) is 3.53. The molecule has 0 saturated carbocycles. The maximum Gasteiger partial charge on any atom is 0.279 e. The molecule has 1 amide bonds. The molecule has 3 rings (SSSR count). The molecule has 0 fully saturated rings. The average Bonchev–Trinajstić information content (AvgIpc) is 2.85. The monoisotopic (exact) mass is 406 g/mol. The van der Waals surface area contributed by atoms with Crippen LogP contribution >= 0.6 is 27.3 Å². The summed E-state index contributed by atoms with van der Waals surface area (Å²) in [6.45, 7) is 0.0228. The molecular formula is C17H9BrF2N2OS. The molecule has 1 heterocycles. The van der Waals surface area contributed by atoms with Gasteiger partial charge < -0.3 is 4.57 Å². The van der Waals surface area contributed by atoms with E-state index in [9.17, 15) is 13.6 Å². The van der Waals surface area contributed by atoms with E-state index in [2.05, 4.69) is 26.8 Å². The standard InChI is InChI=1S/C17H9BrF2N2OS/c1-2-7-22-15-13(20)8-12(19)9-14(15)24-17(22)21-16(23)10-3-5-11(18)6-4-10/h1,3-6,8-9H,7H2. The van der Waals surface area contributed by atoms with Crippen molar-refractivity contribution < 1.29 is 13.6 Å². The molecule has 7 heteroatoms. The topological polar surface area (TPSA) is 34.4 Å². The highest BCUT2D eigenvalue weighted by Gasteiger charge is 2.13. The lowest BCUT2D eigenvalue weighted by atomic mass is 10.2. The molecule has 0 bridgehead atoms. The Morgan fingerprint density at radius 2 is 2.00 bits per heavy atom. The number of carbonyl (C=O) groups is 1. The maximum absolute atomic E-state index is 14.1. The van der Waals surface area contributed by atoms with Gasteiger partial charge >= 0.3 is 0 Å². The van der Waals surface area contributed by atoms with Crippen LogP contribution in [0.15, 0.2) is 45.9 Å². The van der Waals surface area contributed by atoms with Crippen molar-refractivity contribution >= 4 is 43.4 Å². The molecule has 0 radical (unpaired) electrons. The Hall–Kier alpha value is -2.30. The summed E-state index contributed by atoms with van der Waals surface area (Å²) in [4.78, 5) is 16.6. The summed E-state index contributed by atoms with van der Waals surface area (Å²) in [7, 11) is 0. The van der Waals surface area contributed by atoms with Crippen LogP contribution in [0, 0.1) is 24.0 Å². The Labute approximate surface area is 148 Å². The van der Waals surface area contributed by atoms with Gasteiger partial charge in [0.2, 0.25) is 0 Å². The maximum atomic E-state index is 14.1. The number of halogens is 3. The van der Waals surface area contributed by atoms with E-state index in [1.54, 1.807) is 24.3 Å². The molecule has 0 aliphatic rings. The second kappa shape index (κ2) is 6.67. The van der Waals surface area contributed by atoms with Gasteiger partial charge in [-0.2, -0.15) is 4.99 Å². The SMILES string of the molecule is C#CCn1c(=NC(=O)c2ccc(Br)cc2)sc2cc(F)cc(F)c21. The molecule has 0 unspecified atom stereocenters. The van der Waals surface area contributed by atoms with Crippen LogP contribution < -0.4 is 4.80 Å². The summed E-state index contributed by atoms with van der Waals surface area (Å²) < 4.78 is 30.1. The van der Waals surface area contributed by atoms with Gasteiger partial charge in [0, 0.05) is 16.1 Å². The van der Waals surface area contributed by atoms with Crippen LogP contribution in [-0.4, -0.2) is 10.5 Å². The third-order valence-electron chi connectivity index (χ3n) is 3.23. The van der Waals surface area contributed by atoms with Gasteiger partial charge in [-0.15, -0.1) is 6.42 Å². The molecule has 120 valence electrons. The van der Waals surface area contributed by atoms with Crippen LogP contribution in [0.3, 0.4) is 0 Å². The lowest BCUT2D eigenvalue weighted by molar-refractivity contribution is 0.0998. The largest absolute Gasteiger partial charge is 0.302 e. The fourth-order valence-electron chi connectivity index (χ4n) is 2.20. The highest BCUT2D eigenvalue weighted by molar-refractivity contribution is 9.10. The lowest BCUT2D eigenvalue weighted by Crippen LogP contribution is -2.17. The second-order valence-electron chi connectivity index (χ2n) is 4.83. The number of hydrogen-bond acceptors (Lipinski definition) is 2. The minimum atomic E-state index is -0.742. The van der Waals surface area contributed by atoms with Gasteiger partial charge in [0.15, 0.2) is 10.6 Å². The Balaban J connectivity index is 2.19. The number of nitrogens with zero attached hydrogens (tertiary/aromatic N) is 2. The first-order chi connectivity index (χ1) is 11.5. The molecule has 3 nitrogen and oxygen atoms in total.